The number of ketones is 2. The molecule has 8 nitrogen and oxygen atoms in total. The minimum absolute atomic E-state index is 0.103. The summed E-state index contributed by atoms with van der Waals surface area (Å²) in [5.74, 6) is 0.0778. The molecule has 0 rings (SSSR count). The number of esters is 2. The van der Waals surface area contributed by atoms with E-state index >= 15 is 0 Å². The Morgan fingerprint density at radius 3 is 1.21 bits per heavy atom. The van der Waals surface area contributed by atoms with Crippen molar-refractivity contribution in [1.29, 1.82) is 0 Å². The molecular weight excluding hydrogens is 459 g/mol. The molecule has 170 valence electrons. The van der Waals surface area contributed by atoms with Gasteiger partial charge in [0.1, 0.15) is 24.4 Å². The predicted octanol–water partition coefficient (Wildman–Crippen LogP) is 3.30. The molecule has 0 aromatic rings. The molecule has 0 radical (unpaired) electrons. The third-order valence-corrected chi connectivity index (χ3v) is 3.75. The summed E-state index contributed by atoms with van der Waals surface area (Å²) >= 11 is -0.924. The summed E-state index contributed by atoms with van der Waals surface area (Å²) in [6, 6.07) is 0. The number of Topliss-reactive ketones (excluding diaryl/α,β-unsaturated/α-hetero) is 2. The third kappa shape index (κ3) is 38.3. The Morgan fingerprint density at radius 1 is 0.690 bits per heavy atom. The maximum absolute atomic E-state index is 10.4. The molecule has 0 spiro atoms. The van der Waals surface area contributed by atoms with Crippen LogP contribution >= 0.6 is 0 Å². The van der Waals surface area contributed by atoms with Crippen molar-refractivity contribution in [1.82, 2.24) is 0 Å². The fraction of sp³-hybridized carbons (Fsp3) is 0.800. The Labute approximate surface area is 188 Å². The molecule has 29 heavy (non-hydrogen) atoms. The van der Waals surface area contributed by atoms with Crippen molar-refractivity contribution in [2.45, 2.75) is 68.2 Å². The van der Waals surface area contributed by atoms with E-state index in [1.165, 1.54) is 13.8 Å². The fourth-order valence-corrected chi connectivity index (χ4v) is 3.45. The summed E-state index contributed by atoms with van der Waals surface area (Å²) in [5, 5.41) is 0. The van der Waals surface area contributed by atoms with Crippen LogP contribution in [0.2, 0.25) is 0 Å². The van der Waals surface area contributed by atoms with Crippen LogP contribution in [0, 0.1) is 11.8 Å². The maximum atomic E-state index is 10.4. The van der Waals surface area contributed by atoms with Crippen LogP contribution in [-0.2, 0) is 58.4 Å². The van der Waals surface area contributed by atoms with Crippen molar-refractivity contribution in [2.75, 3.05) is 26.4 Å². The second-order valence-electron chi connectivity index (χ2n) is 6.86. The number of rotatable bonds is 12. The number of carbonyl (C=O) groups excluding carboxylic acids is 4. The third-order valence-electron chi connectivity index (χ3n) is 2.35. The molecule has 0 aliphatic carbocycles. The first-order chi connectivity index (χ1) is 13.5. The molecule has 0 heterocycles. The Hall–Kier alpha value is -0.917. The van der Waals surface area contributed by atoms with Gasteiger partial charge in [-0.05, 0) is 27.7 Å². The van der Waals surface area contributed by atoms with E-state index in [2.05, 4.69) is 37.2 Å². The first-order valence-corrected chi connectivity index (χ1v) is 11.7. The summed E-state index contributed by atoms with van der Waals surface area (Å²) in [5.41, 5.74) is 0. The molecule has 0 saturated heterocycles. The van der Waals surface area contributed by atoms with Gasteiger partial charge in [0.05, 0.1) is 13.2 Å². The Morgan fingerprint density at radius 2 is 1.00 bits per heavy atom. The van der Waals surface area contributed by atoms with Crippen LogP contribution in [0.3, 0.4) is 0 Å². The molecule has 0 aliphatic heterocycles. The first kappa shape index (κ1) is 32.7. The van der Waals surface area contributed by atoms with Crippen molar-refractivity contribution in [2.24, 2.45) is 11.8 Å². The zero-order valence-electron chi connectivity index (χ0n) is 19.2. The molecule has 0 aliphatic rings. The Balaban J connectivity index is -0.000000352. The molecule has 0 atom stereocenters. The van der Waals surface area contributed by atoms with Gasteiger partial charge in [0.15, 0.2) is 0 Å². The van der Waals surface area contributed by atoms with Gasteiger partial charge >= 0.3 is 94.4 Å². The van der Waals surface area contributed by atoms with Crippen molar-refractivity contribution in [3.05, 3.63) is 0 Å². The molecule has 0 aromatic carbocycles. The quantitative estimate of drug-likeness (QED) is 0.230. The SMILES string of the molecule is CC(C)C[O][Zr][O]CC(C)C.CCOC(=O)CC(C)=O.CCOC(=O)CC(C)=O. The van der Waals surface area contributed by atoms with Crippen LogP contribution in [0.4, 0.5) is 0 Å². The van der Waals surface area contributed by atoms with E-state index in [-0.39, 0.29) is 24.4 Å². The van der Waals surface area contributed by atoms with Gasteiger partial charge in [-0.1, -0.05) is 0 Å². The smallest absolute Gasteiger partial charge is 0.313 e. The molecule has 0 N–H and O–H groups in total. The summed E-state index contributed by atoms with van der Waals surface area (Å²) in [6.45, 7) is 17.2. The number of ether oxygens (including phenoxy) is 2. The van der Waals surface area contributed by atoms with Crippen molar-refractivity contribution in [3.8, 4) is 0 Å². The zero-order valence-corrected chi connectivity index (χ0v) is 21.6. The monoisotopic (exact) mass is 496 g/mol. The number of hydrogen-bond donors (Lipinski definition) is 0. The molecule has 9 heteroatoms. The molecule has 0 fully saturated rings. The minimum atomic E-state index is -0.924. The van der Waals surface area contributed by atoms with Crippen LogP contribution in [0.1, 0.15) is 68.2 Å². The summed E-state index contributed by atoms with van der Waals surface area (Å²) in [7, 11) is 0. The molecule has 0 amide bonds. The molecule has 0 unspecified atom stereocenters. The average molecular weight is 498 g/mol. The van der Waals surface area contributed by atoms with Crippen molar-refractivity contribution in [3.63, 3.8) is 0 Å². The van der Waals surface area contributed by atoms with Gasteiger partial charge in [0.25, 0.3) is 0 Å². The van der Waals surface area contributed by atoms with Crippen molar-refractivity contribution >= 4 is 23.5 Å². The van der Waals surface area contributed by atoms with Crippen LogP contribution in [0.25, 0.3) is 0 Å². The first-order valence-electron chi connectivity index (χ1n) is 9.74. The Bertz CT molecular complexity index is 410. The topological polar surface area (TPSA) is 105 Å². The van der Waals surface area contributed by atoms with Crippen LogP contribution in [0.15, 0.2) is 0 Å². The van der Waals surface area contributed by atoms with E-state index in [0.29, 0.717) is 25.0 Å². The van der Waals surface area contributed by atoms with Gasteiger partial charge < -0.3 is 9.47 Å². The van der Waals surface area contributed by atoms with Gasteiger partial charge in [0.2, 0.25) is 0 Å². The second kappa shape index (κ2) is 23.4. The summed E-state index contributed by atoms with van der Waals surface area (Å²) < 4.78 is 19.8. The normalized spacial score (nSPS) is 9.59. The van der Waals surface area contributed by atoms with E-state index in [1.54, 1.807) is 13.8 Å². The summed E-state index contributed by atoms with van der Waals surface area (Å²) in [6.07, 6.45) is -0.207. The average Bonchev–Trinajstić information content (AvgIpc) is 2.54. The molecule has 0 bridgehead atoms. The van der Waals surface area contributed by atoms with Crippen LogP contribution in [0.5, 0.6) is 0 Å². The van der Waals surface area contributed by atoms with Gasteiger partial charge in [0, 0.05) is 0 Å². The van der Waals surface area contributed by atoms with E-state index < -0.39 is 36.1 Å². The Kier molecular flexibility index (Phi) is 26.4. The second-order valence-corrected chi connectivity index (χ2v) is 8.69. The maximum Gasteiger partial charge on any atom is 0.313 e. The minimum Gasteiger partial charge on any atom is -0.466 e. The molecule has 0 saturated carbocycles. The van der Waals surface area contributed by atoms with Gasteiger partial charge in [-0.25, -0.2) is 0 Å². The van der Waals surface area contributed by atoms with Crippen molar-refractivity contribution < 1.29 is 58.4 Å². The van der Waals surface area contributed by atoms with Crippen LogP contribution < -0.4 is 0 Å². The molecule has 0 aromatic heterocycles. The van der Waals surface area contributed by atoms with Crippen LogP contribution in [-0.4, -0.2) is 49.9 Å². The largest absolute Gasteiger partial charge is 0.466 e. The fourth-order valence-electron chi connectivity index (χ4n) is 1.27. The molecular formula is C20H38O8Zr. The van der Waals surface area contributed by atoms with E-state index in [0.717, 1.165) is 13.2 Å². The van der Waals surface area contributed by atoms with E-state index in [4.69, 9.17) is 5.63 Å². The number of carbonyl (C=O) groups is 4. The van der Waals surface area contributed by atoms with E-state index in [9.17, 15) is 19.2 Å². The zero-order chi connectivity index (χ0) is 23.2. The predicted molar refractivity (Wildman–Crippen MR) is 105 cm³/mol. The van der Waals surface area contributed by atoms with Gasteiger partial charge in [-0.15, -0.1) is 0 Å². The van der Waals surface area contributed by atoms with Gasteiger partial charge in [-0.2, -0.15) is 0 Å². The standard InChI is InChI=1S/2C6H10O3.2C4H9O.Zr/c2*1-3-9-6(8)4-5(2)7;2*1-4(2)3-5;/h2*3-4H2,1-2H3;2*4H,3H2,1-2H3;/q;;2*-1;+2. The van der Waals surface area contributed by atoms with E-state index in [1.807, 2.05) is 0 Å². The summed E-state index contributed by atoms with van der Waals surface area (Å²) in [4.78, 5) is 41.3. The van der Waals surface area contributed by atoms with Gasteiger partial charge in [-0.3, -0.25) is 19.2 Å². The number of hydrogen-bond acceptors (Lipinski definition) is 8.